The van der Waals surface area contributed by atoms with Crippen LogP contribution in [0.4, 0.5) is 10.1 Å². The lowest BCUT2D eigenvalue weighted by Gasteiger charge is -2.30. The van der Waals surface area contributed by atoms with Gasteiger partial charge in [-0.1, -0.05) is 48.4 Å². The first kappa shape index (κ1) is 21.2. The molecule has 0 saturated carbocycles. The van der Waals surface area contributed by atoms with Crippen LogP contribution in [0.15, 0.2) is 42.5 Å². The second kappa shape index (κ2) is 8.71. The molecule has 27 heavy (non-hydrogen) atoms. The minimum Gasteiger partial charge on any atom is -0.350 e. The molecule has 0 bridgehead atoms. The van der Waals surface area contributed by atoms with E-state index in [0.29, 0.717) is 0 Å². The van der Waals surface area contributed by atoms with Crippen molar-refractivity contribution >= 4 is 33.2 Å². The molecule has 0 unspecified atom stereocenters. The molecule has 2 rings (SSSR count). The van der Waals surface area contributed by atoms with Crippen LogP contribution in [0, 0.1) is 12.7 Å². The van der Waals surface area contributed by atoms with Crippen molar-refractivity contribution in [3.63, 3.8) is 0 Å². The maximum atomic E-state index is 13.5. The van der Waals surface area contributed by atoms with E-state index in [9.17, 15) is 17.6 Å². The Labute approximate surface area is 164 Å². The van der Waals surface area contributed by atoms with Crippen molar-refractivity contribution in [2.45, 2.75) is 32.9 Å². The molecule has 0 radical (unpaired) electrons. The van der Waals surface area contributed by atoms with E-state index in [1.165, 1.54) is 12.1 Å². The molecule has 0 saturated heterocycles. The van der Waals surface area contributed by atoms with Gasteiger partial charge in [0, 0.05) is 6.54 Å². The van der Waals surface area contributed by atoms with Gasteiger partial charge in [0.25, 0.3) is 0 Å². The highest BCUT2D eigenvalue weighted by atomic mass is 35.5. The molecule has 0 aromatic heterocycles. The summed E-state index contributed by atoms with van der Waals surface area (Å²) in [5.74, 6) is -1.10. The van der Waals surface area contributed by atoms with Crippen molar-refractivity contribution < 1.29 is 17.6 Å². The Morgan fingerprint density at radius 3 is 2.37 bits per heavy atom. The predicted molar refractivity (Wildman–Crippen MR) is 106 cm³/mol. The molecule has 2 aromatic carbocycles. The van der Waals surface area contributed by atoms with Crippen LogP contribution in [0.25, 0.3) is 0 Å². The van der Waals surface area contributed by atoms with Crippen LogP contribution in [0.5, 0.6) is 0 Å². The number of nitrogens with zero attached hydrogens (tertiary/aromatic N) is 1. The van der Waals surface area contributed by atoms with Gasteiger partial charge in [-0.05, 0) is 37.1 Å². The van der Waals surface area contributed by atoms with Crippen molar-refractivity contribution in [1.29, 1.82) is 0 Å². The second-order valence-electron chi connectivity index (χ2n) is 6.28. The first-order valence-corrected chi connectivity index (χ1v) is 10.6. The number of halogens is 2. The summed E-state index contributed by atoms with van der Waals surface area (Å²) in [5, 5.41) is 2.55. The number of carbonyl (C=O) groups is 1. The van der Waals surface area contributed by atoms with Gasteiger partial charge < -0.3 is 5.32 Å². The maximum absolute atomic E-state index is 13.5. The molecule has 0 heterocycles. The number of anilines is 1. The van der Waals surface area contributed by atoms with E-state index < -0.39 is 27.8 Å². The number of hydrogen-bond donors (Lipinski definition) is 1. The Morgan fingerprint density at radius 2 is 1.85 bits per heavy atom. The van der Waals surface area contributed by atoms with Gasteiger partial charge >= 0.3 is 0 Å². The van der Waals surface area contributed by atoms with Crippen molar-refractivity contribution in [1.82, 2.24) is 5.32 Å². The first-order chi connectivity index (χ1) is 12.6. The molecule has 0 aliphatic heterocycles. The second-order valence-corrected chi connectivity index (χ2v) is 8.55. The van der Waals surface area contributed by atoms with Crippen LogP contribution in [0.2, 0.25) is 5.02 Å². The largest absolute Gasteiger partial charge is 0.350 e. The number of rotatable bonds is 7. The van der Waals surface area contributed by atoms with E-state index in [0.717, 1.165) is 27.8 Å². The van der Waals surface area contributed by atoms with Crippen LogP contribution < -0.4 is 9.62 Å². The molecule has 2 aromatic rings. The number of amides is 1. The molecule has 0 aliphatic carbocycles. The Kier molecular flexibility index (Phi) is 6.84. The van der Waals surface area contributed by atoms with E-state index in [2.05, 4.69) is 5.32 Å². The fourth-order valence-electron chi connectivity index (χ4n) is 2.70. The fraction of sp³-hybridized carbons (Fsp3) is 0.316. The van der Waals surface area contributed by atoms with Crippen LogP contribution in [-0.4, -0.2) is 26.6 Å². The van der Waals surface area contributed by atoms with E-state index in [1.807, 2.05) is 31.2 Å². The number of benzene rings is 2. The predicted octanol–water partition coefficient (Wildman–Crippen LogP) is 3.65. The lowest BCUT2D eigenvalue weighted by Crippen LogP contribution is -2.49. The average Bonchev–Trinajstić information content (AvgIpc) is 2.60. The Bertz CT molecular complexity index is 917. The summed E-state index contributed by atoms with van der Waals surface area (Å²) in [6.45, 7) is 3.95. The fourth-order valence-corrected chi connectivity index (χ4v) is 4.07. The zero-order valence-electron chi connectivity index (χ0n) is 15.4. The van der Waals surface area contributed by atoms with Crippen molar-refractivity contribution in [2.24, 2.45) is 0 Å². The molecule has 146 valence electrons. The van der Waals surface area contributed by atoms with Crippen molar-refractivity contribution in [3.8, 4) is 0 Å². The summed E-state index contributed by atoms with van der Waals surface area (Å²) in [6.07, 6.45) is 1.24. The van der Waals surface area contributed by atoms with Gasteiger partial charge in [-0.3, -0.25) is 9.10 Å². The highest BCUT2D eigenvalue weighted by Crippen LogP contribution is 2.27. The normalized spacial score (nSPS) is 12.5. The molecule has 1 atom stereocenters. The zero-order chi connectivity index (χ0) is 20.2. The SMILES string of the molecule is CC[C@@H](C(=O)NCc1ccc(C)cc1)N(c1ccc(F)c(Cl)c1)S(C)(=O)=O. The molecule has 0 fully saturated rings. The quantitative estimate of drug-likeness (QED) is 0.754. The van der Waals surface area contributed by atoms with Gasteiger partial charge in [0.2, 0.25) is 15.9 Å². The van der Waals surface area contributed by atoms with Gasteiger partial charge in [0.05, 0.1) is 17.0 Å². The van der Waals surface area contributed by atoms with E-state index >= 15 is 0 Å². The summed E-state index contributed by atoms with van der Waals surface area (Å²) >= 11 is 5.79. The molecule has 0 aliphatic rings. The first-order valence-electron chi connectivity index (χ1n) is 8.41. The van der Waals surface area contributed by atoms with Gasteiger partial charge in [-0.25, -0.2) is 12.8 Å². The lowest BCUT2D eigenvalue weighted by molar-refractivity contribution is -0.122. The third kappa shape index (κ3) is 5.43. The zero-order valence-corrected chi connectivity index (χ0v) is 16.9. The van der Waals surface area contributed by atoms with E-state index in [-0.39, 0.29) is 23.7 Å². The van der Waals surface area contributed by atoms with E-state index in [4.69, 9.17) is 11.6 Å². The average molecular weight is 413 g/mol. The maximum Gasteiger partial charge on any atom is 0.244 e. The smallest absolute Gasteiger partial charge is 0.244 e. The Balaban J connectivity index is 2.27. The molecule has 5 nitrogen and oxygen atoms in total. The van der Waals surface area contributed by atoms with Crippen LogP contribution in [0.1, 0.15) is 24.5 Å². The van der Waals surface area contributed by atoms with Crippen LogP contribution in [0.3, 0.4) is 0 Å². The summed E-state index contributed by atoms with van der Waals surface area (Å²) < 4.78 is 39.1. The van der Waals surface area contributed by atoms with Crippen LogP contribution in [-0.2, 0) is 21.4 Å². The molecular formula is C19H22ClFN2O3S. The van der Waals surface area contributed by atoms with Gasteiger partial charge in [-0.2, -0.15) is 0 Å². The third-order valence-electron chi connectivity index (χ3n) is 4.07. The number of aryl methyl sites for hydroxylation is 1. The summed E-state index contributed by atoms with van der Waals surface area (Å²) in [6, 6.07) is 10.2. The number of hydrogen-bond acceptors (Lipinski definition) is 3. The molecule has 0 spiro atoms. The van der Waals surface area contributed by atoms with Crippen molar-refractivity contribution in [3.05, 3.63) is 64.4 Å². The van der Waals surface area contributed by atoms with Crippen LogP contribution >= 0.6 is 11.6 Å². The molecule has 8 heteroatoms. The highest BCUT2D eigenvalue weighted by Gasteiger charge is 2.31. The number of sulfonamides is 1. The minimum atomic E-state index is -3.80. The molecular weight excluding hydrogens is 391 g/mol. The number of nitrogens with one attached hydrogen (secondary N) is 1. The van der Waals surface area contributed by atoms with E-state index in [1.54, 1.807) is 6.92 Å². The van der Waals surface area contributed by atoms with Gasteiger partial charge in [0.15, 0.2) is 0 Å². The third-order valence-corrected chi connectivity index (χ3v) is 5.54. The van der Waals surface area contributed by atoms with Gasteiger partial charge in [-0.15, -0.1) is 0 Å². The number of carbonyl (C=O) groups excluding carboxylic acids is 1. The van der Waals surface area contributed by atoms with Gasteiger partial charge in [0.1, 0.15) is 11.9 Å². The molecule has 1 N–H and O–H groups in total. The van der Waals surface area contributed by atoms with Crippen molar-refractivity contribution in [2.75, 3.05) is 10.6 Å². The summed E-state index contributed by atoms with van der Waals surface area (Å²) in [4.78, 5) is 12.7. The Hall–Kier alpha value is -2.12. The highest BCUT2D eigenvalue weighted by molar-refractivity contribution is 7.92. The Morgan fingerprint density at radius 1 is 1.22 bits per heavy atom. The lowest BCUT2D eigenvalue weighted by atomic mass is 10.1. The summed E-state index contributed by atoms with van der Waals surface area (Å²) in [7, 11) is -3.80. The minimum absolute atomic E-state index is 0.140. The monoisotopic (exact) mass is 412 g/mol. The standard InChI is InChI=1S/C19H22ClFN2O3S/c1-4-18(19(24)22-12-14-7-5-13(2)6-8-14)23(27(3,25)26)15-9-10-17(21)16(20)11-15/h5-11,18H,4,12H2,1-3H3,(H,22,24)/t18-/m0/s1. The molecule has 1 amide bonds. The summed E-state index contributed by atoms with van der Waals surface area (Å²) in [5.41, 5.74) is 2.15. The topological polar surface area (TPSA) is 66.5 Å².